The number of H-pyrrole nitrogens is 1. The molecule has 0 saturated carbocycles. The van der Waals surface area contributed by atoms with E-state index in [2.05, 4.69) is 32.7 Å². The van der Waals surface area contributed by atoms with Gasteiger partial charge in [0.25, 0.3) is 5.56 Å². The minimum Gasteiger partial charge on any atom is -0.293 e. The van der Waals surface area contributed by atoms with Crippen LogP contribution >= 0.6 is 34.4 Å². The van der Waals surface area contributed by atoms with Crippen molar-refractivity contribution in [1.82, 2.24) is 14.6 Å². The highest BCUT2D eigenvalue weighted by atomic mass is 127. The molecule has 4 nitrogen and oxygen atoms in total. The van der Waals surface area contributed by atoms with Crippen molar-refractivity contribution in [1.29, 1.82) is 0 Å². The Morgan fingerprint density at radius 1 is 1.53 bits per heavy atom. The van der Waals surface area contributed by atoms with Crippen molar-refractivity contribution in [3.8, 4) is 0 Å². The minimum atomic E-state index is 0.0611. The Hall–Kier alpha value is -0.500. The van der Waals surface area contributed by atoms with Crippen molar-refractivity contribution in [3.63, 3.8) is 0 Å². The summed E-state index contributed by atoms with van der Waals surface area (Å²) in [7, 11) is 0. The predicted molar refractivity (Wildman–Crippen MR) is 68.3 cm³/mol. The Balaban J connectivity index is 2.51. The maximum absolute atomic E-state index is 12.1. The van der Waals surface area contributed by atoms with E-state index in [0.29, 0.717) is 0 Å². The maximum Gasteiger partial charge on any atom is 0.277 e. The zero-order valence-electron chi connectivity index (χ0n) is 8.00. The fourth-order valence-electron chi connectivity index (χ4n) is 1.75. The highest BCUT2D eigenvalue weighted by Gasteiger charge is 2.20. The molecule has 0 aromatic carbocycles. The SMILES string of the molecule is Cc1[nH]n2c(=O)c3c(nc2c1I)CSC3. The number of fused-ring (bicyclic) bond motifs is 2. The lowest BCUT2D eigenvalue weighted by Crippen LogP contribution is -2.20. The Morgan fingerprint density at radius 3 is 3.13 bits per heavy atom. The highest BCUT2D eigenvalue weighted by Crippen LogP contribution is 2.27. The van der Waals surface area contributed by atoms with Crippen molar-refractivity contribution in [2.75, 3.05) is 0 Å². The topological polar surface area (TPSA) is 50.2 Å². The summed E-state index contributed by atoms with van der Waals surface area (Å²) in [6.45, 7) is 1.95. The summed E-state index contributed by atoms with van der Waals surface area (Å²) in [4.78, 5) is 16.6. The standard InChI is InChI=1S/C9H8IN3OS/c1-4-7(10)8-11-6-3-15-2-5(6)9(14)13(8)12-4/h12H,2-3H2,1H3. The van der Waals surface area contributed by atoms with Gasteiger partial charge in [-0.3, -0.25) is 9.89 Å². The fraction of sp³-hybridized carbons (Fsp3) is 0.333. The van der Waals surface area contributed by atoms with Gasteiger partial charge in [0.1, 0.15) is 0 Å². The van der Waals surface area contributed by atoms with E-state index < -0.39 is 0 Å². The first-order valence-corrected chi connectivity index (χ1v) is 6.78. The van der Waals surface area contributed by atoms with Gasteiger partial charge in [0.05, 0.1) is 14.8 Å². The van der Waals surface area contributed by atoms with E-state index in [4.69, 9.17) is 0 Å². The summed E-state index contributed by atoms with van der Waals surface area (Å²) in [5.41, 5.74) is 3.64. The second-order valence-corrected chi connectivity index (χ2v) is 5.61. The molecule has 78 valence electrons. The molecule has 1 aliphatic heterocycles. The van der Waals surface area contributed by atoms with E-state index in [1.807, 2.05) is 6.92 Å². The third kappa shape index (κ3) is 1.27. The lowest BCUT2D eigenvalue weighted by molar-refractivity contribution is 0.859. The largest absolute Gasteiger partial charge is 0.293 e. The van der Waals surface area contributed by atoms with Crippen LogP contribution < -0.4 is 5.56 Å². The lowest BCUT2D eigenvalue weighted by Gasteiger charge is -1.98. The van der Waals surface area contributed by atoms with Gasteiger partial charge in [-0.1, -0.05) is 0 Å². The molecule has 2 aromatic rings. The van der Waals surface area contributed by atoms with Crippen molar-refractivity contribution in [2.45, 2.75) is 18.4 Å². The van der Waals surface area contributed by atoms with Crippen LogP contribution in [0.1, 0.15) is 17.0 Å². The number of aromatic nitrogens is 3. The summed E-state index contributed by atoms with van der Waals surface area (Å²) >= 11 is 3.97. The van der Waals surface area contributed by atoms with Crippen LogP contribution in [0.3, 0.4) is 0 Å². The van der Waals surface area contributed by atoms with Gasteiger partial charge in [0, 0.05) is 17.2 Å². The second kappa shape index (κ2) is 3.24. The number of aromatic amines is 1. The molecule has 1 N–H and O–H groups in total. The molecule has 2 aromatic heterocycles. The van der Waals surface area contributed by atoms with Gasteiger partial charge >= 0.3 is 0 Å². The number of nitrogens with one attached hydrogen (secondary N) is 1. The van der Waals surface area contributed by atoms with Crippen molar-refractivity contribution in [2.24, 2.45) is 0 Å². The van der Waals surface area contributed by atoms with Gasteiger partial charge in [-0.2, -0.15) is 11.8 Å². The third-order valence-corrected chi connectivity index (χ3v) is 4.81. The van der Waals surface area contributed by atoms with Gasteiger partial charge in [0.15, 0.2) is 5.65 Å². The predicted octanol–water partition coefficient (Wildman–Crippen LogP) is 1.68. The third-order valence-electron chi connectivity index (χ3n) is 2.55. The lowest BCUT2D eigenvalue weighted by atomic mass is 10.3. The zero-order valence-corrected chi connectivity index (χ0v) is 11.0. The van der Waals surface area contributed by atoms with Crippen LogP contribution in [0.2, 0.25) is 0 Å². The molecule has 3 heterocycles. The van der Waals surface area contributed by atoms with Crippen LogP contribution in [-0.4, -0.2) is 14.6 Å². The molecule has 0 atom stereocenters. The van der Waals surface area contributed by atoms with E-state index in [0.717, 1.165) is 37.7 Å². The smallest absolute Gasteiger partial charge is 0.277 e. The number of rotatable bonds is 0. The number of aryl methyl sites for hydroxylation is 1. The fourth-order valence-corrected chi connectivity index (χ4v) is 3.26. The van der Waals surface area contributed by atoms with Crippen LogP contribution in [0.5, 0.6) is 0 Å². The van der Waals surface area contributed by atoms with E-state index in [1.54, 1.807) is 16.3 Å². The van der Waals surface area contributed by atoms with Gasteiger partial charge in [-0.25, -0.2) is 9.50 Å². The van der Waals surface area contributed by atoms with Gasteiger partial charge in [0.2, 0.25) is 0 Å². The molecule has 0 spiro atoms. The summed E-state index contributed by atoms with van der Waals surface area (Å²) in [5, 5.41) is 3.05. The van der Waals surface area contributed by atoms with Crippen LogP contribution in [0.15, 0.2) is 4.79 Å². The summed E-state index contributed by atoms with van der Waals surface area (Å²) < 4.78 is 2.59. The van der Waals surface area contributed by atoms with Crippen LogP contribution in [0, 0.1) is 10.5 Å². The Morgan fingerprint density at radius 2 is 2.33 bits per heavy atom. The normalized spacial score (nSPS) is 14.8. The van der Waals surface area contributed by atoms with Crippen LogP contribution in [0.25, 0.3) is 5.65 Å². The number of nitrogens with zero attached hydrogens (tertiary/aromatic N) is 2. The highest BCUT2D eigenvalue weighted by molar-refractivity contribution is 14.1. The molecule has 3 rings (SSSR count). The Labute approximate surface area is 104 Å². The number of hydrogen-bond acceptors (Lipinski definition) is 3. The molecular weight excluding hydrogens is 325 g/mol. The van der Waals surface area contributed by atoms with Crippen molar-refractivity contribution >= 4 is 40.0 Å². The Kier molecular flexibility index (Phi) is 2.10. The average Bonchev–Trinajstić information content (AvgIpc) is 2.77. The first-order chi connectivity index (χ1) is 7.18. The van der Waals surface area contributed by atoms with Crippen LogP contribution in [-0.2, 0) is 11.5 Å². The zero-order chi connectivity index (χ0) is 10.6. The molecule has 15 heavy (non-hydrogen) atoms. The summed E-state index contributed by atoms with van der Waals surface area (Å²) in [6.07, 6.45) is 0. The van der Waals surface area contributed by atoms with Gasteiger partial charge < -0.3 is 0 Å². The van der Waals surface area contributed by atoms with Crippen molar-refractivity contribution in [3.05, 3.63) is 30.9 Å². The molecule has 0 fully saturated rings. The molecule has 1 aliphatic rings. The summed E-state index contributed by atoms with van der Waals surface area (Å²) in [6, 6.07) is 0. The number of thioether (sulfide) groups is 1. The van der Waals surface area contributed by atoms with E-state index in [1.165, 1.54) is 0 Å². The van der Waals surface area contributed by atoms with Crippen LogP contribution in [0.4, 0.5) is 0 Å². The molecular formula is C9H8IN3OS. The Bertz CT molecular complexity index is 616. The van der Waals surface area contributed by atoms with E-state index in [-0.39, 0.29) is 5.56 Å². The second-order valence-electron chi connectivity index (χ2n) is 3.54. The molecule has 0 radical (unpaired) electrons. The van der Waals surface area contributed by atoms with Gasteiger partial charge in [-0.05, 0) is 29.5 Å². The molecule has 0 amide bonds. The quantitative estimate of drug-likeness (QED) is 0.747. The molecule has 0 unspecified atom stereocenters. The molecule has 0 aliphatic carbocycles. The number of hydrogen-bond donors (Lipinski definition) is 1. The van der Waals surface area contributed by atoms with Gasteiger partial charge in [-0.15, -0.1) is 0 Å². The first-order valence-electron chi connectivity index (χ1n) is 4.55. The van der Waals surface area contributed by atoms with E-state index >= 15 is 0 Å². The molecule has 0 bridgehead atoms. The summed E-state index contributed by atoms with van der Waals surface area (Å²) in [5.74, 6) is 1.65. The first kappa shape index (κ1) is 9.71. The van der Waals surface area contributed by atoms with Crippen molar-refractivity contribution < 1.29 is 0 Å². The monoisotopic (exact) mass is 333 g/mol. The molecule has 0 saturated heterocycles. The molecule has 6 heteroatoms. The average molecular weight is 333 g/mol. The number of halogens is 1. The maximum atomic E-state index is 12.1. The minimum absolute atomic E-state index is 0.0611. The van der Waals surface area contributed by atoms with E-state index in [9.17, 15) is 4.79 Å².